The average Bonchev–Trinajstić information content (AvgIpc) is 2.53. The minimum atomic E-state index is 0.485. The van der Waals surface area contributed by atoms with Gasteiger partial charge in [-0.3, -0.25) is 0 Å². The Kier molecular flexibility index (Phi) is 2.85. The van der Waals surface area contributed by atoms with Crippen LogP contribution in [0.15, 0.2) is 0 Å². The van der Waals surface area contributed by atoms with Crippen LogP contribution in [0.2, 0.25) is 0 Å². The third kappa shape index (κ3) is 2.48. The summed E-state index contributed by atoms with van der Waals surface area (Å²) in [4.78, 5) is 0. The van der Waals surface area contributed by atoms with E-state index in [1.165, 1.54) is 38.8 Å². The second-order valence-electron chi connectivity index (χ2n) is 5.99. The quantitative estimate of drug-likeness (QED) is 0.719. The van der Waals surface area contributed by atoms with Crippen molar-refractivity contribution in [2.75, 3.05) is 13.1 Å². The topological polar surface area (TPSA) is 38.0 Å². The molecule has 0 bridgehead atoms. The van der Waals surface area contributed by atoms with Crippen LogP contribution in [0, 0.1) is 17.3 Å². The number of hydrogen-bond donors (Lipinski definition) is 2. The van der Waals surface area contributed by atoms with Crippen LogP contribution >= 0.6 is 0 Å². The second-order valence-corrected chi connectivity index (χ2v) is 5.99. The lowest BCUT2D eigenvalue weighted by molar-refractivity contribution is 0.452. The minimum Gasteiger partial charge on any atom is -0.328 e. The van der Waals surface area contributed by atoms with Crippen LogP contribution in [0.25, 0.3) is 0 Å². The van der Waals surface area contributed by atoms with Crippen molar-refractivity contribution in [1.29, 1.82) is 0 Å². The predicted molar refractivity (Wildman–Crippen MR) is 60.1 cm³/mol. The molecule has 0 spiro atoms. The van der Waals surface area contributed by atoms with Gasteiger partial charge in [-0.05, 0) is 56.0 Å². The molecule has 82 valence electrons. The van der Waals surface area contributed by atoms with E-state index in [1.807, 2.05) is 0 Å². The highest BCUT2D eigenvalue weighted by atomic mass is 14.9. The Balaban J connectivity index is 1.56. The van der Waals surface area contributed by atoms with Crippen molar-refractivity contribution in [3.05, 3.63) is 0 Å². The number of rotatable bonds is 4. The molecule has 2 fully saturated rings. The molecule has 2 nitrogen and oxygen atoms in total. The highest BCUT2D eigenvalue weighted by Gasteiger charge is 2.44. The average molecular weight is 196 g/mol. The zero-order valence-corrected chi connectivity index (χ0v) is 9.55. The molecule has 3 N–H and O–H groups in total. The largest absolute Gasteiger partial charge is 0.328 e. The Morgan fingerprint density at radius 3 is 2.50 bits per heavy atom. The molecule has 2 heteroatoms. The molecular formula is C12H24N2. The maximum absolute atomic E-state index is 5.88. The van der Waals surface area contributed by atoms with Crippen molar-refractivity contribution in [2.24, 2.45) is 23.0 Å². The van der Waals surface area contributed by atoms with Crippen molar-refractivity contribution < 1.29 is 0 Å². The standard InChI is InChI=1S/C12H24N2/c1-12(2)6-10(12)8-14-7-9-3-4-11(13)5-9/h9-11,14H,3-8,13H2,1-2H3. The van der Waals surface area contributed by atoms with E-state index in [0.717, 1.165) is 11.8 Å². The highest BCUT2D eigenvalue weighted by Crippen LogP contribution is 2.50. The van der Waals surface area contributed by atoms with E-state index in [2.05, 4.69) is 19.2 Å². The van der Waals surface area contributed by atoms with Crippen LogP contribution < -0.4 is 11.1 Å². The fourth-order valence-corrected chi connectivity index (χ4v) is 2.69. The van der Waals surface area contributed by atoms with Crippen LogP contribution in [-0.2, 0) is 0 Å². The second kappa shape index (κ2) is 3.82. The third-order valence-electron chi connectivity index (χ3n) is 4.12. The first-order valence-electron chi connectivity index (χ1n) is 6.04. The molecule has 2 aliphatic rings. The smallest absolute Gasteiger partial charge is 0.00420 e. The van der Waals surface area contributed by atoms with Gasteiger partial charge in [-0.2, -0.15) is 0 Å². The molecule has 0 aromatic heterocycles. The first kappa shape index (κ1) is 10.4. The van der Waals surface area contributed by atoms with Gasteiger partial charge < -0.3 is 11.1 Å². The summed E-state index contributed by atoms with van der Waals surface area (Å²) in [6.07, 6.45) is 5.22. The van der Waals surface area contributed by atoms with Gasteiger partial charge in [0.1, 0.15) is 0 Å². The van der Waals surface area contributed by atoms with Crippen molar-refractivity contribution in [3.8, 4) is 0 Å². The molecule has 3 unspecified atom stereocenters. The highest BCUT2D eigenvalue weighted by molar-refractivity contribution is 4.96. The zero-order chi connectivity index (χ0) is 10.2. The van der Waals surface area contributed by atoms with E-state index in [4.69, 9.17) is 5.73 Å². The van der Waals surface area contributed by atoms with Crippen LogP contribution in [0.4, 0.5) is 0 Å². The van der Waals surface area contributed by atoms with Gasteiger partial charge in [-0.1, -0.05) is 13.8 Å². The molecule has 0 aromatic rings. The van der Waals surface area contributed by atoms with Crippen LogP contribution in [0.3, 0.4) is 0 Å². The summed E-state index contributed by atoms with van der Waals surface area (Å²) in [7, 11) is 0. The maximum Gasteiger partial charge on any atom is 0.00420 e. The van der Waals surface area contributed by atoms with Gasteiger partial charge in [0.15, 0.2) is 0 Å². The summed E-state index contributed by atoms with van der Waals surface area (Å²) in [5.74, 6) is 1.78. The van der Waals surface area contributed by atoms with Crippen molar-refractivity contribution in [3.63, 3.8) is 0 Å². The molecule has 2 saturated carbocycles. The number of nitrogens with two attached hydrogens (primary N) is 1. The van der Waals surface area contributed by atoms with Gasteiger partial charge in [0.25, 0.3) is 0 Å². The Morgan fingerprint density at radius 2 is 2.00 bits per heavy atom. The Morgan fingerprint density at radius 1 is 1.29 bits per heavy atom. The molecule has 14 heavy (non-hydrogen) atoms. The molecule has 0 aliphatic heterocycles. The summed E-state index contributed by atoms with van der Waals surface area (Å²) in [5.41, 5.74) is 6.51. The lowest BCUT2D eigenvalue weighted by Crippen LogP contribution is -2.25. The van der Waals surface area contributed by atoms with Gasteiger partial charge in [0.05, 0.1) is 0 Å². The van der Waals surface area contributed by atoms with E-state index in [0.29, 0.717) is 11.5 Å². The van der Waals surface area contributed by atoms with E-state index in [-0.39, 0.29) is 0 Å². The predicted octanol–water partition coefficient (Wildman–Crippen LogP) is 1.75. The monoisotopic (exact) mass is 196 g/mol. The summed E-state index contributed by atoms with van der Waals surface area (Å²) in [5, 5.41) is 3.61. The molecule has 2 aliphatic carbocycles. The summed E-state index contributed by atoms with van der Waals surface area (Å²) in [6, 6.07) is 0.485. The molecule has 0 aromatic carbocycles. The first-order valence-corrected chi connectivity index (χ1v) is 6.04. The van der Waals surface area contributed by atoms with Crippen molar-refractivity contribution in [1.82, 2.24) is 5.32 Å². The lowest BCUT2D eigenvalue weighted by Gasteiger charge is -2.11. The van der Waals surface area contributed by atoms with E-state index in [1.54, 1.807) is 0 Å². The normalized spacial score (nSPS) is 40.1. The Bertz CT molecular complexity index is 200. The van der Waals surface area contributed by atoms with E-state index < -0.39 is 0 Å². The summed E-state index contributed by atoms with van der Waals surface area (Å²) >= 11 is 0. The van der Waals surface area contributed by atoms with Gasteiger partial charge in [-0.15, -0.1) is 0 Å². The lowest BCUT2D eigenvalue weighted by atomic mass is 10.1. The first-order chi connectivity index (χ1) is 6.58. The van der Waals surface area contributed by atoms with Crippen molar-refractivity contribution >= 4 is 0 Å². The molecule has 0 heterocycles. The summed E-state index contributed by atoms with van der Waals surface area (Å²) < 4.78 is 0. The summed E-state index contributed by atoms with van der Waals surface area (Å²) in [6.45, 7) is 7.15. The number of nitrogens with one attached hydrogen (secondary N) is 1. The van der Waals surface area contributed by atoms with Crippen LogP contribution in [0.1, 0.15) is 39.5 Å². The SMILES string of the molecule is CC1(C)CC1CNCC1CCC(N)C1. The van der Waals surface area contributed by atoms with Gasteiger partial charge in [-0.25, -0.2) is 0 Å². The number of hydrogen-bond acceptors (Lipinski definition) is 2. The maximum atomic E-state index is 5.88. The fraction of sp³-hybridized carbons (Fsp3) is 1.00. The molecular weight excluding hydrogens is 172 g/mol. The molecule has 0 saturated heterocycles. The fourth-order valence-electron chi connectivity index (χ4n) is 2.69. The Labute approximate surface area is 87.6 Å². The molecule has 0 radical (unpaired) electrons. The van der Waals surface area contributed by atoms with Crippen LogP contribution in [-0.4, -0.2) is 19.1 Å². The van der Waals surface area contributed by atoms with Gasteiger partial charge in [0.2, 0.25) is 0 Å². The molecule has 0 amide bonds. The van der Waals surface area contributed by atoms with E-state index >= 15 is 0 Å². The van der Waals surface area contributed by atoms with E-state index in [9.17, 15) is 0 Å². The zero-order valence-electron chi connectivity index (χ0n) is 9.55. The third-order valence-corrected chi connectivity index (χ3v) is 4.12. The molecule has 2 rings (SSSR count). The molecule has 3 atom stereocenters. The van der Waals surface area contributed by atoms with Crippen molar-refractivity contribution in [2.45, 2.75) is 45.6 Å². The van der Waals surface area contributed by atoms with Crippen LogP contribution in [0.5, 0.6) is 0 Å². The van der Waals surface area contributed by atoms with Gasteiger partial charge in [0, 0.05) is 6.04 Å². The Hall–Kier alpha value is -0.0800. The van der Waals surface area contributed by atoms with Gasteiger partial charge >= 0.3 is 0 Å². The minimum absolute atomic E-state index is 0.485.